The number of hydrogen-bond donors (Lipinski definition) is 1. The van der Waals surface area contributed by atoms with Crippen molar-refractivity contribution < 1.29 is 32.6 Å². The van der Waals surface area contributed by atoms with Crippen molar-refractivity contribution >= 4 is 48.6 Å². The third-order valence-electron chi connectivity index (χ3n) is 8.32. The molecule has 0 saturated carbocycles. The fourth-order valence-electron chi connectivity index (χ4n) is 6.15. The highest BCUT2D eigenvalue weighted by atomic mass is 32.2. The summed E-state index contributed by atoms with van der Waals surface area (Å²) in [5.74, 6) is -1.42. The zero-order valence-corrected chi connectivity index (χ0v) is 33.3. The number of halogens is 1. The number of carbonyl (C=O) groups excluding carboxylic acids is 2. The van der Waals surface area contributed by atoms with E-state index in [1.54, 1.807) is 39.2 Å². The minimum Gasteiger partial charge on any atom is -0.488 e. The van der Waals surface area contributed by atoms with Gasteiger partial charge in [0.15, 0.2) is 19.9 Å². The van der Waals surface area contributed by atoms with Crippen LogP contribution >= 0.6 is 11.8 Å². The van der Waals surface area contributed by atoms with Gasteiger partial charge in [-0.3, -0.25) is 0 Å². The van der Waals surface area contributed by atoms with Gasteiger partial charge in [-0.15, -0.1) is 11.8 Å². The quantitative estimate of drug-likeness (QED) is 0.0663. The maximum atomic E-state index is 16.6. The van der Waals surface area contributed by atoms with Crippen LogP contribution in [0.25, 0.3) is 0 Å². The zero-order chi connectivity index (χ0) is 38.0. The third kappa shape index (κ3) is 10.7. The first-order valence-corrected chi connectivity index (χ1v) is 20.1. The Bertz CT molecular complexity index is 1590. The van der Waals surface area contributed by atoms with Gasteiger partial charge in [-0.1, -0.05) is 48.5 Å². The molecule has 1 atom stereocenters. The van der Waals surface area contributed by atoms with Crippen molar-refractivity contribution in [1.82, 2.24) is 0 Å². The Labute approximate surface area is 302 Å². The number of aryl methyl sites for hydroxylation is 1. The molecule has 2 aromatic carbocycles. The summed E-state index contributed by atoms with van der Waals surface area (Å²) in [6, 6.07) is 8.49. The van der Waals surface area contributed by atoms with Crippen LogP contribution in [0.15, 0.2) is 40.3 Å². The van der Waals surface area contributed by atoms with Gasteiger partial charge in [0.1, 0.15) is 29.0 Å². The van der Waals surface area contributed by atoms with Gasteiger partial charge in [0.25, 0.3) is 0 Å². The predicted molar refractivity (Wildman–Crippen MR) is 202 cm³/mol. The molecule has 0 heterocycles. The van der Waals surface area contributed by atoms with Crippen LogP contribution in [0.5, 0.6) is 5.75 Å². The number of esters is 1. The standard InChI is InChI=1S/C37H53FN4O6SSi/c1-13-25-18-29(31(38)30(19-25)46-16-17-47-50(22(2)3,23(4)5)24(6)7)33(34(49-12)42-36(44)45-11)41-27-15-14-26(21-39)28(20-27)32(40)35(43)48-37(8,9)10/h14-15,18-20,22-24,32H,13,16-17,40H2,1-12H3. The first-order chi connectivity index (χ1) is 23.4. The maximum absolute atomic E-state index is 16.6. The molecule has 0 saturated heterocycles. The van der Waals surface area contributed by atoms with E-state index in [2.05, 4.69) is 46.5 Å². The highest BCUT2D eigenvalue weighted by Crippen LogP contribution is 2.42. The van der Waals surface area contributed by atoms with Crippen LogP contribution in [0.3, 0.4) is 0 Å². The normalized spacial score (nSPS) is 13.4. The highest BCUT2D eigenvalue weighted by Gasteiger charge is 2.45. The second-order valence-electron chi connectivity index (χ2n) is 13.8. The average molecular weight is 729 g/mol. The van der Waals surface area contributed by atoms with Gasteiger partial charge in [-0.05, 0) is 91.5 Å². The first-order valence-electron chi connectivity index (χ1n) is 16.8. The topological polar surface area (TPSA) is 146 Å². The molecular weight excluding hydrogens is 676 g/mol. The van der Waals surface area contributed by atoms with E-state index < -0.39 is 37.8 Å². The van der Waals surface area contributed by atoms with Crippen molar-refractivity contribution in [3.8, 4) is 11.8 Å². The molecule has 0 aliphatic carbocycles. The van der Waals surface area contributed by atoms with Crippen molar-refractivity contribution in [2.45, 2.75) is 104 Å². The summed E-state index contributed by atoms with van der Waals surface area (Å²) >= 11 is 1.07. The average Bonchev–Trinajstić information content (AvgIpc) is 3.05. The van der Waals surface area contributed by atoms with Crippen LogP contribution in [0.4, 0.5) is 14.9 Å². The van der Waals surface area contributed by atoms with Gasteiger partial charge in [0.05, 0.1) is 31.0 Å². The molecule has 13 heteroatoms. The molecule has 0 spiro atoms. The molecule has 0 aliphatic heterocycles. The maximum Gasteiger partial charge on any atom is 0.434 e. The molecule has 0 bridgehead atoms. The number of ether oxygens (including phenoxy) is 3. The largest absolute Gasteiger partial charge is 0.488 e. The summed E-state index contributed by atoms with van der Waals surface area (Å²) < 4.78 is 39.4. The molecule has 0 radical (unpaired) electrons. The number of nitriles is 1. The Morgan fingerprint density at radius 2 is 1.66 bits per heavy atom. The SMILES string of the molecule is CCc1cc(OCCO[Si](C(C)C)(C(C)C)C(C)C)c(F)c(C(=Nc2ccc(C#N)c(C(N)C(=O)OC(C)(C)C)c2)C(=NC(=O)OC)SC)c1. The number of methoxy groups -OCH3 is 1. The molecule has 2 rings (SSSR count). The summed E-state index contributed by atoms with van der Waals surface area (Å²) in [6.07, 6.45) is 1.32. The van der Waals surface area contributed by atoms with Gasteiger partial charge >= 0.3 is 12.1 Å². The Morgan fingerprint density at radius 3 is 2.16 bits per heavy atom. The van der Waals surface area contributed by atoms with Crippen LogP contribution in [0.1, 0.15) is 97.5 Å². The highest BCUT2D eigenvalue weighted by molar-refractivity contribution is 8.15. The minimum atomic E-state index is -2.16. The number of carbonyl (C=O) groups is 2. The van der Waals surface area contributed by atoms with Crippen LogP contribution in [-0.4, -0.2) is 63.3 Å². The van der Waals surface area contributed by atoms with Crippen molar-refractivity contribution in [3.05, 3.63) is 58.4 Å². The Balaban J connectivity index is 2.72. The van der Waals surface area contributed by atoms with Gasteiger partial charge in [0, 0.05) is 5.56 Å². The molecule has 0 fully saturated rings. The molecule has 2 N–H and O–H groups in total. The molecule has 50 heavy (non-hydrogen) atoms. The van der Waals surface area contributed by atoms with E-state index in [4.69, 9.17) is 29.4 Å². The fraction of sp³-hybridized carbons (Fsp3) is 0.541. The number of aliphatic imine (C=N–C) groups is 2. The zero-order valence-electron chi connectivity index (χ0n) is 31.5. The Hall–Kier alpha value is -3.57. The molecule has 10 nitrogen and oxygen atoms in total. The number of thioether (sulfide) groups is 1. The molecular formula is C37H53FN4O6SSi. The van der Waals surface area contributed by atoms with E-state index in [1.165, 1.54) is 25.3 Å². The molecule has 274 valence electrons. The lowest BCUT2D eigenvalue weighted by Gasteiger charge is -2.42. The second kappa shape index (κ2) is 18.6. The van der Waals surface area contributed by atoms with Crippen LogP contribution in [0, 0.1) is 17.1 Å². The number of hydrogen-bond acceptors (Lipinski definition) is 10. The number of benzene rings is 2. The van der Waals surface area contributed by atoms with E-state index in [0.717, 1.165) is 17.3 Å². The van der Waals surface area contributed by atoms with Crippen LogP contribution in [-0.2, 0) is 25.1 Å². The number of rotatable bonds is 14. The minimum absolute atomic E-state index is 0.00699. The monoisotopic (exact) mass is 728 g/mol. The van der Waals surface area contributed by atoms with Crippen molar-refractivity contribution in [2.75, 3.05) is 26.6 Å². The van der Waals surface area contributed by atoms with E-state index in [0.29, 0.717) is 29.7 Å². The summed E-state index contributed by atoms with van der Waals surface area (Å²) in [6.45, 7) is 20.7. The smallest absolute Gasteiger partial charge is 0.434 e. The first kappa shape index (κ1) is 42.6. The third-order valence-corrected chi connectivity index (χ3v) is 15.1. The summed E-state index contributed by atoms with van der Waals surface area (Å²) in [4.78, 5) is 34.0. The van der Waals surface area contributed by atoms with Gasteiger partial charge < -0.3 is 24.4 Å². The van der Waals surface area contributed by atoms with Crippen molar-refractivity contribution in [2.24, 2.45) is 15.7 Å². The Morgan fingerprint density at radius 1 is 1.04 bits per heavy atom. The number of amides is 1. The van der Waals surface area contributed by atoms with E-state index in [-0.39, 0.29) is 45.5 Å². The lowest BCUT2D eigenvalue weighted by atomic mass is 10.00. The Kier molecular flexibility index (Phi) is 15.8. The van der Waals surface area contributed by atoms with Gasteiger partial charge in [0.2, 0.25) is 0 Å². The summed E-state index contributed by atoms with van der Waals surface area (Å²) in [5, 5.41) is 9.86. The van der Waals surface area contributed by atoms with Gasteiger partial charge in [-0.2, -0.15) is 10.3 Å². The number of nitrogens with zero attached hydrogens (tertiary/aromatic N) is 3. The van der Waals surface area contributed by atoms with E-state index in [9.17, 15) is 14.9 Å². The molecule has 2 aromatic rings. The lowest BCUT2D eigenvalue weighted by molar-refractivity contribution is -0.156. The summed E-state index contributed by atoms with van der Waals surface area (Å²) in [5.41, 5.74) is 7.98. The number of nitrogens with two attached hydrogens (primary N) is 1. The van der Waals surface area contributed by atoms with Crippen LogP contribution < -0.4 is 10.5 Å². The lowest BCUT2D eigenvalue weighted by Crippen LogP contribution is -2.48. The molecule has 1 unspecified atom stereocenters. The fourth-order valence-corrected chi connectivity index (χ4v) is 12.1. The van der Waals surface area contributed by atoms with Crippen molar-refractivity contribution in [3.63, 3.8) is 0 Å². The molecule has 0 aromatic heterocycles. The second-order valence-corrected chi connectivity index (χ2v) is 20.0. The predicted octanol–water partition coefficient (Wildman–Crippen LogP) is 8.82. The van der Waals surface area contributed by atoms with Gasteiger partial charge in [-0.25, -0.2) is 19.0 Å². The summed E-state index contributed by atoms with van der Waals surface area (Å²) in [7, 11) is -0.973. The molecule has 0 aliphatic rings. The molecule has 1 amide bonds. The van der Waals surface area contributed by atoms with Crippen molar-refractivity contribution in [1.29, 1.82) is 5.26 Å². The van der Waals surface area contributed by atoms with E-state index >= 15 is 4.39 Å². The van der Waals surface area contributed by atoms with Crippen LogP contribution in [0.2, 0.25) is 16.6 Å². The van der Waals surface area contributed by atoms with E-state index in [1.807, 2.05) is 13.0 Å².